The van der Waals surface area contributed by atoms with Crippen molar-refractivity contribution in [1.82, 2.24) is 0 Å². The molecule has 0 radical (unpaired) electrons. The van der Waals surface area contributed by atoms with Crippen LogP contribution in [-0.2, 0) is 6.61 Å². The minimum Gasteiger partial charge on any atom is -0.487 e. The summed E-state index contributed by atoms with van der Waals surface area (Å²) in [6.07, 6.45) is 1.63. The first kappa shape index (κ1) is 21.3. The molecule has 3 aromatic rings. The number of nitriles is 2. The van der Waals surface area contributed by atoms with Gasteiger partial charge in [-0.05, 0) is 75.5 Å². The highest BCUT2D eigenvalue weighted by Gasteiger charge is 2.13. The SMILES string of the molecule is N#C/C(=C/c1cc(I)cc(I)c1OCc1ccccc1C#N)c1ccccc1F. The Labute approximate surface area is 195 Å². The summed E-state index contributed by atoms with van der Waals surface area (Å²) in [5, 5.41) is 18.9. The molecule has 0 heterocycles. The Balaban J connectivity index is 2.03. The lowest BCUT2D eigenvalue weighted by Crippen LogP contribution is -2.02. The smallest absolute Gasteiger partial charge is 0.140 e. The molecule has 0 aliphatic rings. The van der Waals surface area contributed by atoms with Gasteiger partial charge in [-0.15, -0.1) is 0 Å². The van der Waals surface area contributed by atoms with Crippen molar-refractivity contribution in [3.8, 4) is 17.9 Å². The number of ether oxygens (including phenoxy) is 1. The van der Waals surface area contributed by atoms with Crippen LogP contribution in [0.5, 0.6) is 5.75 Å². The first-order valence-corrected chi connectivity index (χ1v) is 10.7. The van der Waals surface area contributed by atoms with Gasteiger partial charge in [-0.3, -0.25) is 0 Å². The zero-order valence-electron chi connectivity index (χ0n) is 15.0. The van der Waals surface area contributed by atoms with Crippen LogP contribution < -0.4 is 4.74 Å². The molecule has 6 heteroatoms. The molecule has 142 valence electrons. The summed E-state index contributed by atoms with van der Waals surface area (Å²) >= 11 is 4.36. The molecule has 0 aliphatic carbocycles. The molecule has 0 amide bonds. The Hall–Kier alpha value is -2.43. The van der Waals surface area contributed by atoms with E-state index in [1.165, 1.54) is 6.07 Å². The van der Waals surface area contributed by atoms with Gasteiger partial charge in [-0.1, -0.05) is 36.4 Å². The van der Waals surface area contributed by atoms with Gasteiger partial charge in [0.25, 0.3) is 0 Å². The van der Waals surface area contributed by atoms with Crippen LogP contribution in [0.3, 0.4) is 0 Å². The third-order valence-electron chi connectivity index (χ3n) is 4.13. The highest BCUT2D eigenvalue weighted by Crippen LogP contribution is 2.33. The number of halogens is 3. The van der Waals surface area contributed by atoms with Gasteiger partial charge in [0.1, 0.15) is 18.2 Å². The zero-order valence-corrected chi connectivity index (χ0v) is 19.3. The van der Waals surface area contributed by atoms with E-state index in [0.29, 0.717) is 16.9 Å². The fourth-order valence-electron chi connectivity index (χ4n) is 2.75. The minimum absolute atomic E-state index is 0.211. The van der Waals surface area contributed by atoms with Crippen LogP contribution in [0, 0.1) is 35.6 Å². The standard InChI is InChI=1S/C23H13FI2N2O/c24-21-8-4-3-7-20(21)18(13-28)9-17-10-19(25)11-22(26)23(17)29-14-16-6-2-1-5-15(16)12-27/h1-11H,14H2/b18-9-. The van der Waals surface area contributed by atoms with Crippen molar-refractivity contribution in [2.45, 2.75) is 6.61 Å². The molecule has 0 aliphatic heterocycles. The number of nitrogens with zero attached hydrogens (tertiary/aromatic N) is 2. The molecule has 0 saturated carbocycles. The molecular formula is C23H13FI2N2O. The third-order valence-corrected chi connectivity index (χ3v) is 5.56. The van der Waals surface area contributed by atoms with Crippen molar-refractivity contribution < 1.29 is 9.13 Å². The fraction of sp³-hybridized carbons (Fsp3) is 0.0435. The maximum Gasteiger partial charge on any atom is 0.140 e. The Morgan fingerprint density at radius 1 is 1.03 bits per heavy atom. The Morgan fingerprint density at radius 2 is 1.76 bits per heavy atom. The van der Waals surface area contributed by atoms with Gasteiger partial charge in [0.15, 0.2) is 0 Å². The lowest BCUT2D eigenvalue weighted by atomic mass is 10.0. The first-order chi connectivity index (χ1) is 14.0. The van der Waals surface area contributed by atoms with Gasteiger partial charge in [-0.2, -0.15) is 10.5 Å². The average molecular weight is 606 g/mol. The van der Waals surface area contributed by atoms with E-state index >= 15 is 0 Å². The lowest BCUT2D eigenvalue weighted by molar-refractivity contribution is 0.303. The largest absolute Gasteiger partial charge is 0.487 e. The van der Waals surface area contributed by atoms with Crippen molar-refractivity contribution in [3.05, 3.63) is 95.9 Å². The van der Waals surface area contributed by atoms with E-state index in [1.54, 1.807) is 36.4 Å². The third kappa shape index (κ3) is 5.14. The lowest BCUT2D eigenvalue weighted by Gasteiger charge is -2.14. The van der Waals surface area contributed by atoms with E-state index in [-0.39, 0.29) is 17.7 Å². The number of hydrogen-bond donors (Lipinski definition) is 0. The van der Waals surface area contributed by atoms with E-state index in [0.717, 1.165) is 12.7 Å². The van der Waals surface area contributed by atoms with Crippen molar-refractivity contribution in [3.63, 3.8) is 0 Å². The monoisotopic (exact) mass is 606 g/mol. The Kier molecular flexibility index (Phi) is 7.24. The van der Waals surface area contributed by atoms with E-state index in [2.05, 4.69) is 57.3 Å². The molecule has 0 atom stereocenters. The second kappa shape index (κ2) is 9.86. The van der Waals surface area contributed by atoms with E-state index in [4.69, 9.17) is 4.74 Å². The summed E-state index contributed by atoms with van der Waals surface area (Å²) in [7, 11) is 0. The van der Waals surface area contributed by atoms with Crippen LogP contribution >= 0.6 is 45.2 Å². The second-order valence-corrected chi connectivity index (χ2v) is 8.42. The van der Waals surface area contributed by atoms with E-state index in [1.807, 2.05) is 24.3 Å². The van der Waals surface area contributed by atoms with Crippen LogP contribution in [0.25, 0.3) is 11.6 Å². The van der Waals surface area contributed by atoms with Gasteiger partial charge in [0.2, 0.25) is 0 Å². The molecule has 0 saturated heterocycles. The van der Waals surface area contributed by atoms with Gasteiger partial charge >= 0.3 is 0 Å². The topological polar surface area (TPSA) is 56.8 Å². The number of benzene rings is 3. The quantitative estimate of drug-likeness (QED) is 0.188. The summed E-state index contributed by atoms with van der Waals surface area (Å²) in [6.45, 7) is 0.211. The normalized spacial score (nSPS) is 10.9. The van der Waals surface area contributed by atoms with Gasteiger partial charge in [0.05, 0.1) is 26.8 Å². The van der Waals surface area contributed by atoms with Crippen molar-refractivity contribution >= 4 is 56.8 Å². The highest BCUT2D eigenvalue weighted by molar-refractivity contribution is 14.1. The molecule has 3 nitrogen and oxygen atoms in total. The predicted octanol–water partition coefficient (Wildman–Crippen LogP) is 6.55. The van der Waals surface area contributed by atoms with Crippen LogP contribution in [0.2, 0.25) is 0 Å². The molecule has 29 heavy (non-hydrogen) atoms. The number of allylic oxidation sites excluding steroid dienone is 1. The molecule has 3 rings (SSSR count). The van der Waals surface area contributed by atoms with E-state index in [9.17, 15) is 14.9 Å². The maximum absolute atomic E-state index is 14.2. The second-order valence-electron chi connectivity index (χ2n) is 6.01. The molecular weight excluding hydrogens is 593 g/mol. The minimum atomic E-state index is -0.453. The molecule has 0 aromatic heterocycles. The van der Waals surface area contributed by atoms with Gasteiger partial charge in [-0.25, -0.2) is 4.39 Å². The Morgan fingerprint density at radius 3 is 2.48 bits per heavy atom. The van der Waals surface area contributed by atoms with Crippen molar-refractivity contribution in [2.75, 3.05) is 0 Å². The van der Waals surface area contributed by atoms with Crippen molar-refractivity contribution in [2.24, 2.45) is 0 Å². The summed E-state index contributed by atoms with van der Waals surface area (Å²) in [4.78, 5) is 0. The Bertz CT molecular complexity index is 1180. The molecule has 0 bridgehead atoms. The number of hydrogen-bond acceptors (Lipinski definition) is 3. The van der Waals surface area contributed by atoms with Crippen LogP contribution in [0.4, 0.5) is 4.39 Å². The van der Waals surface area contributed by atoms with Crippen LogP contribution in [-0.4, -0.2) is 0 Å². The average Bonchev–Trinajstić information content (AvgIpc) is 2.72. The molecule has 0 unspecified atom stereocenters. The van der Waals surface area contributed by atoms with Crippen LogP contribution in [0.15, 0.2) is 60.7 Å². The zero-order chi connectivity index (χ0) is 20.8. The molecule has 0 spiro atoms. The van der Waals surface area contributed by atoms with Crippen LogP contribution in [0.1, 0.15) is 22.3 Å². The molecule has 0 N–H and O–H groups in total. The van der Waals surface area contributed by atoms with Crippen molar-refractivity contribution in [1.29, 1.82) is 10.5 Å². The van der Waals surface area contributed by atoms with Gasteiger partial charge in [0, 0.05) is 20.3 Å². The maximum atomic E-state index is 14.2. The predicted molar refractivity (Wildman–Crippen MR) is 127 cm³/mol. The molecule has 3 aromatic carbocycles. The molecule has 0 fully saturated rings. The summed E-state index contributed by atoms with van der Waals surface area (Å²) in [5.74, 6) is 0.133. The summed E-state index contributed by atoms with van der Waals surface area (Å²) in [6, 6.07) is 21.5. The van der Waals surface area contributed by atoms with E-state index < -0.39 is 5.82 Å². The highest BCUT2D eigenvalue weighted by atomic mass is 127. The fourth-order valence-corrected chi connectivity index (χ4v) is 4.80. The first-order valence-electron chi connectivity index (χ1n) is 8.50. The summed E-state index contributed by atoms with van der Waals surface area (Å²) in [5.41, 5.74) is 2.45. The van der Waals surface area contributed by atoms with Gasteiger partial charge < -0.3 is 4.74 Å². The number of rotatable bonds is 5. The summed E-state index contributed by atoms with van der Waals surface area (Å²) < 4.78 is 22.1.